The number of benzene rings is 1. The molecule has 2 aromatic rings. The average Bonchev–Trinajstić information content (AvgIpc) is 3.37. The van der Waals surface area contributed by atoms with Crippen molar-refractivity contribution < 1.29 is 9.53 Å². The molecule has 3 rings (SSSR count). The van der Waals surface area contributed by atoms with Crippen LogP contribution in [0, 0.1) is 16.7 Å². The highest BCUT2D eigenvalue weighted by molar-refractivity contribution is 5.83. The number of esters is 1. The van der Waals surface area contributed by atoms with Gasteiger partial charge in [0, 0.05) is 18.2 Å². The summed E-state index contributed by atoms with van der Waals surface area (Å²) in [6.45, 7) is 7.50. The number of rotatable bonds is 8. The number of hydrogen-bond donors (Lipinski definition) is 1. The Morgan fingerprint density at radius 3 is 2.52 bits per heavy atom. The first-order valence-corrected chi connectivity index (χ1v) is 10.2. The van der Waals surface area contributed by atoms with Crippen molar-refractivity contribution in [3.05, 3.63) is 42.2 Å². The van der Waals surface area contributed by atoms with Crippen molar-refractivity contribution in [1.82, 2.24) is 9.78 Å². The molecule has 6 heteroatoms. The van der Waals surface area contributed by atoms with Crippen molar-refractivity contribution in [2.75, 3.05) is 0 Å². The van der Waals surface area contributed by atoms with Gasteiger partial charge in [0.1, 0.15) is 5.54 Å². The molecule has 0 aliphatic heterocycles. The minimum atomic E-state index is -1.32. The number of nitrogens with zero attached hydrogens (tertiary/aromatic N) is 3. The summed E-state index contributed by atoms with van der Waals surface area (Å²) in [6.07, 6.45) is 6.66. The van der Waals surface area contributed by atoms with Crippen LogP contribution in [-0.2, 0) is 15.1 Å². The Bertz CT molecular complexity index is 904. The van der Waals surface area contributed by atoms with E-state index in [0.29, 0.717) is 24.4 Å². The van der Waals surface area contributed by atoms with Crippen molar-refractivity contribution in [1.29, 1.82) is 5.26 Å². The van der Waals surface area contributed by atoms with Crippen molar-refractivity contribution >= 4 is 5.97 Å². The third-order valence-corrected chi connectivity index (χ3v) is 5.28. The fourth-order valence-electron chi connectivity index (χ4n) is 3.63. The van der Waals surface area contributed by atoms with Crippen LogP contribution in [0.1, 0.15) is 65.0 Å². The molecule has 1 fully saturated rings. The normalized spacial score (nSPS) is 16.3. The molecule has 1 aromatic heterocycles. The second-order valence-corrected chi connectivity index (χ2v) is 9.12. The molecule has 0 spiro atoms. The maximum Gasteiger partial charge on any atom is 0.331 e. The molecule has 1 saturated carbocycles. The van der Waals surface area contributed by atoms with Crippen LogP contribution in [0.25, 0.3) is 11.1 Å². The molecule has 1 unspecified atom stereocenters. The van der Waals surface area contributed by atoms with E-state index in [1.165, 1.54) is 12.8 Å². The standard InChI is InChI=1S/C23H30N4O2/c1-16(2)29-21(28)23(25,15-22(3,4)11-12-24)19-7-5-17(6-8-19)18-13-26-27(14-18)20-9-10-20/h5-8,13-14,16,20H,9-11,15,25H2,1-4H3. The molecule has 0 amide bonds. The van der Waals surface area contributed by atoms with Crippen LogP contribution in [0.2, 0.25) is 0 Å². The monoisotopic (exact) mass is 394 g/mol. The largest absolute Gasteiger partial charge is 0.461 e. The number of nitriles is 1. The Labute approximate surface area is 172 Å². The van der Waals surface area contributed by atoms with Crippen LogP contribution in [0.3, 0.4) is 0 Å². The predicted molar refractivity (Wildman–Crippen MR) is 112 cm³/mol. The van der Waals surface area contributed by atoms with Crippen LogP contribution in [0.5, 0.6) is 0 Å². The lowest BCUT2D eigenvalue weighted by Crippen LogP contribution is -2.49. The fraction of sp³-hybridized carbons (Fsp3) is 0.522. The van der Waals surface area contributed by atoms with Crippen LogP contribution >= 0.6 is 0 Å². The first kappa shape index (κ1) is 21.1. The molecular formula is C23H30N4O2. The van der Waals surface area contributed by atoms with Gasteiger partial charge in [0.2, 0.25) is 0 Å². The quantitative estimate of drug-likeness (QED) is 0.673. The highest BCUT2D eigenvalue weighted by Gasteiger charge is 2.42. The van der Waals surface area contributed by atoms with E-state index >= 15 is 0 Å². The summed E-state index contributed by atoms with van der Waals surface area (Å²) in [5.41, 5.74) is 7.68. The molecule has 154 valence electrons. The summed E-state index contributed by atoms with van der Waals surface area (Å²) in [5, 5.41) is 13.6. The third kappa shape index (κ3) is 4.86. The summed E-state index contributed by atoms with van der Waals surface area (Å²) in [4.78, 5) is 13.0. The topological polar surface area (TPSA) is 93.9 Å². The number of nitrogens with two attached hydrogens (primary N) is 1. The van der Waals surface area contributed by atoms with E-state index in [0.717, 1.165) is 11.1 Å². The summed E-state index contributed by atoms with van der Waals surface area (Å²) in [7, 11) is 0. The first-order valence-electron chi connectivity index (χ1n) is 10.2. The molecule has 1 atom stereocenters. The molecule has 0 bridgehead atoms. The van der Waals surface area contributed by atoms with Gasteiger partial charge in [0.15, 0.2) is 0 Å². The van der Waals surface area contributed by atoms with E-state index in [1.54, 1.807) is 13.8 Å². The number of hydrogen-bond acceptors (Lipinski definition) is 5. The maximum absolute atomic E-state index is 13.0. The van der Waals surface area contributed by atoms with Gasteiger partial charge in [-0.2, -0.15) is 10.4 Å². The molecule has 0 saturated heterocycles. The fourth-order valence-corrected chi connectivity index (χ4v) is 3.63. The number of ether oxygens (including phenoxy) is 1. The van der Waals surface area contributed by atoms with Gasteiger partial charge in [-0.3, -0.25) is 4.68 Å². The zero-order valence-corrected chi connectivity index (χ0v) is 17.7. The molecule has 29 heavy (non-hydrogen) atoms. The SMILES string of the molecule is CC(C)OC(=O)C(N)(CC(C)(C)CC#N)c1ccc(-c2cnn(C3CC3)c2)cc1. The lowest BCUT2D eigenvalue weighted by molar-refractivity contribution is -0.156. The van der Waals surface area contributed by atoms with E-state index in [2.05, 4.69) is 17.4 Å². The van der Waals surface area contributed by atoms with Gasteiger partial charge >= 0.3 is 5.97 Å². The van der Waals surface area contributed by atoms with Crippen LogP contribution in [0.4, 0.5) is 0 Å². The maximum atomic E-state index is 13.0. The highest BCUT2D eigenvalue weighted by Crippen LogP contribution is 2.38. The Kier molecular flexibility index (Phi) is 5.81. The number of carbonyl (C=O) groups is 1. The smallest absolute Gasteiger partial charge is 0.331 e. The van der Waals surface area contributed by atoms with Gasteiger partial charge in [-0.15, -0.1) is 0 Å². The molecule has 0 radical (unpaired) electrons. The summed E-state index contributed by atoms with van der Waals surface area (Å²) >= 11 is 0. The van der Waals surface area contributed by atoms with E-state index in [9.17, 15) is 4.79 Å². The minimum absolute atomic E-state index is 0.267. The van der Waals surface area contributed by atoms with Crippen LogP contribution in [0.15, 0.2) is 36.7 Å². The Balaban J connectivity index is 1.89. The summed E-state index contributed by atoms with van der Waals surface area (Å²) < 4.78 is 7.50. The lowest BCUT2D eigenvalue weighted by Gasteiger charge is -2.35. The molecule has 1 heterocycles. The third-order valence-electron chi connectivity index (χ3n) is 5.28. The van der Waals surface area contributed by atoms with Gasteiger partial charge in [0.25, 0.3) is 0 Å². The van der Waals surface area contributed by atoms with E-state index in [4.69, 9.17) is 15.7 Å². The average molecular weight is 395 g/mol. The van der Waals surface area contributed by atoms with Crippen molar-refractivity contribution in [3.8, 4) is 17.2 Å². The molecule has 1 aromatic carbocycles. The molecule has 6 nitrogen and oxygen atoms in total. The molecule has 2 N–H and O–H groups in total. The van der Waals surface area contributed by atoms with Gasteiger partial charge in [-0.05, 0) is 49.7 Å². The predicted octanol–water partition coefficient (Wildman–Crippen LogP) is 4.32. The Morgan fingerprint density at radius 2 is 1.97 bits per heavy atom. The second-order valence-electron chi connectivity index (χ2n) is 9.12. The zero-order valence-electron chi connectivity index (χ0n) is 17.7. The Hall–Kier alpha value is -2.65. The van der Waals surface area contributed by atoms with Crippen LogP contribution in [-0.4, -0.2) is 21.9 Å². The highest BCUT2D eigenvalue weighted by atomic mass is 16.5. The van der Waals surface area contributed by atoms with Crippen LogP contribution < -0.4 is 5.73 Å². The number of aromatic nitrogens is 2. The van der Waals surface area contributed by atoms with Gasteiger partial charge < -0.3 is 10.5 Å². The van der Waals surface area contributed by atoms with Crippen molar-refractivity contribution in [3.63, 3.8) is 0 Å². The van der Waals surface area contributed by atoms with Crippen molar-refractivity contribution in [2.45, 2.75) is 71.1 Å². The molecule has 1 aliphatic rings. The van der Waals surface area contributed by atoms with Gasteiger partial charge in [-0.1, -0.05) is 38.1 Å². The molecular weight excluding hydrogens is 364 g/mol. The summed E-state index contributed by atoms with van der Waals surface area (Å²) in [5.74, 6) is -0.465. The first-order chi connectivity index (χ1) is 13.6. The van der Waals surface area contributed by atoms with E-state index in [-0.39, 0.29) is 6.10 Å². The summed E-state index contributed by atoms with van der Waals surface area (Å²) in [6, 6.07) is 10.4. The van der Waals surface area contributed by atoms with Gasteiger partial charge in [0.05, 0.1) is 24.4 Å². The minimum Gasteiger partial charge on any atom is -0.461 e. The Morgan fingerprint density at radius 1 is 1.31 bits per heavy atom. The lowest BCUT2D eigenvalue weighted by atomic mass is 9.73. The molecule has 1 aliphatic carbocycles. The van der Waals surface area contributed by atoms with E-state index in [1.807, 2.05) is 49.0 Å². The zero-order chi connectivity index (χ0) is 21.2. The second kappa shape index (κ2) is 8.00. The van der Waals surface area contributed by atoms with Crippen molar-refractivity contribution in [2.24, 2.45) is 11.1 Å². The number of carbonyl (C=O) groups excluding carboxylic acids is 1. The van der Waals surface area contributed by atoms with E-state index < -0.39 is 16.9 Å². The van der Waals surface area contributed by atoms with Gasteiger partial charge in [-0.25, -0.2) is 4.79 Å².